The van der Waals surface area contributed by atoms with Crippen molar-refractivity contribution in [1.82, 2.24) is 14.7 Å². The van der Waals surface area contributed by atoms with Crippen LogP contribution in [-0.2, 0) is 14.6 Å². The molecule has 0 unspecified atom stereocenters. The summed E-state index contributed by atoms with van der Waals surface area (Å²) in [5.41, 5.74) is 0.493. The van der Waals surface area contributed by atoms with Crippen LogP contribution in [0.15, 0.2) is 52.3 Å². The van der Waals surface area contributed by atoms with Crippen LogP contribution in [0.4, 0.5) is 22.0 Å². The summed E-state index contributed by atoms with van der Waals surface area (Å²) in [7, 11) is -3.77. The van der Waals surface area contributed by atoms with Gasteiger partial charge in [-0.15, -0.1) is 0 Å². The fourth-order valence-corrected chi connectivity index (χ4v) is 7.44. The average molecular weight is 632 g/mol. The van der Waals surface area contributed by atoms with Crippen LogP contribution in [0, 0.1) is 0 Å². The number of ether oxygens (including phenoxy) is 2. The molecule has 5 rings (SSSR count). The number of sulfone groups is 1. The number of alkyl halides is 5. The maximum Gasteiger partial charge on any atom is 0.463 e. The molecule has 2 atom stereocenters. The van der Waals surface area contributed by atoms with Crippen LogP contribution in [-0.4, -0.2) is 92.2 Å². The molecule has 14 heteroatoms. The minimum absolute atomic E-state index is 0.0312. The molecule has 0 N–H and O–H groups in total. The second kappa shape index (κ2) is 11.2. The Morgan fingerprint density at radius 3 is 2.14 bits per heavy atom. The lowest BCUT2D eigenvalue weighted by atomic mass is 9.86. The number of piperidine rings is 1. The molecule has 236 valence electrons. The number of carbonyl (C=O) groups excluding carboxylic acids is 1. The van der Waals surface area contributed by atoms with Gasteiger partial charge in [-0.3, -0.25) is 14.6 Å². The molecule has 2 fully saturated rings. The molecule has 0 spiro atoms. The number of hydrogen-bond donors (Lipinski definition) is 0. The molecular weight excluding hydrogens is 597 g/mol. The average Bonchev–Trinajstić information content (AvgIpc) is 3.44. The van der Waals surface area contributed by atoms with E-state index in [0.717, 1.165) is 5.56 Å². The topological polar surface area (TPSA) is 79.4 Å². The molecule has 43 heavy (non-hydrogen) atoms. The molecular formula is C29H34F5N3O5S. The SMILES string of the molecule is C[C@@H]1CN(C2(C)CCN(C(=O)C(F)(F)C(F)(F)F)CC2)CCN1[C@@H](C)c1ccc(S(=O)(=O)c2ccc3c(c2)OCO3)cc1. The highest BCUT2D eigenvalue weighted by Crippen LogP contribution is 2.40. The number of benzene rings is 2. The van der Waals surface area contributed by atoms with Crippen molar-refractivity contribution in [2.45, 2.75) is 73.1 Å². The molecule has 3 aliphatic heterocycles. The van der Waals surface area contributed by atoms with Crippen molar-refractivity contribution in [1.29, 1.82) is 0 Å². The molecule has 2 aromatic carbocycles. The molecule has 0 aromatic heterocycles. The first-order valence-corrected chi connectivity index (χ1v) is 15.5. The molecule has 2 aromatic rings. The molecule has 0 radical (unpaired) electrons. The van der Waals surface area contributed by atoms with Crippen LogP contribution in [0.2, 0.25) is 0 Å². The number of rotatable bonds is 6. The number of halogens is 5. The Kier molecular flexibility index (Phi) is 8.18. The van der Waals surface area contributed by atoms with Gasteiger partial charge in [0.1, 0.15) is 0 Å². The van der Waals surface area contributed by atoms with Crippen LogP contribution in [0.3, 0.4) is 0 Å². The summed E-state index contributed by atoms with van der Waals surface area (Å²) in [6, 6.07) is 11.3. The molecule has 0 saturated carbocycles. The smallest absolute Gasteiger partial charge is 0.454 e. The molecule has 2 saturated heterocycles. The number of fused-ring (bicyclic) bond motifs is 1. The fraction of sp³-hybridized carbons (Fsp3) is 0.552. The third-order valence-electron chi connectivity index (χ3n) is 9.02. The van der Waals surface area contributed by atoms with Crippen molar-refractivity contribution in [3.63, 3.8) is 0 Å². The third kappa shape index (κ3) is 5.80. The summed E-state index contributed by atoms with van der Waals surface area (Å²) in [4.78, 5) is 17.4. The van der Waals surface area contributed by atoms with E-state index in [1.54, 1.807) is 30.3 Å². The second-order valence-corrected chi connectivity index (χ2v) is 13.6. The Morgan fingerprint density at radius 2 is 1.53 bits per heavy atom. The number of piperazine rings is 1. The lowest BCUT2D eigenvalue weighted by molar-refractivity contribution is -0.275. The predicted molar refractivity (Wildman–Crippen MR) is 146 cm³/mol. The highest BCUT2D eigenvalue weighted by atomic mass is 32.2. The van der Waals surface area contributed by atoms with Crippen molar-refractivity contribution in [2.24, 2.45) is 0 Å². The lowest BCUT2D eigenvalue weighted by Crippen LogP contribution is -2.63. The van der Waals surface area contributed by atoms with Crippen molar-refractivity contribution in [3.05, 3.63) is 48.0 Å². The highest BCUT2D eigenvalue weighted by Gasteiger charge is 2.65. The number of likely N-dealkylation sites (tertiary alicyclic amines) is 1. The van der Waals surface area contributed by atoms with Gasteiger partial charge in [0, 0.05) is 56.4 Å². The maximum absolute atomic E-state index is 13.6. The molecule has 3 heterocycles. The molecule has 1 amide bonds. The van der Waals surface area contributed by atoms with Gasteiger partial charge in [0.05, 0.1) is 9.79 Å². The highest BCUT2D eigenvalue weighted by molar-refractivity contribution is 7.91. The van der Waals surface area contributed by atoms with Gasteiger partial charge in [-0.2, -0.15) is 22.0 Å². The van der Waals surface area contributed by atoms with E-state index in [9.17, 15) is 35.2 Å². The first kappa shape index (κ1) is 31.5. The van der Waals surface area contributed by atoms with Gasteiger partial charge in [0.25, 0.3) is 0 Å². The molecule has 3 aliphatic rings. The summed E-state index contributed by atoms with van der Waals surface area (Å²) in [5, 5.41) is 0. The Morgan fingerprint density at radius 1 is 0.930 bits per heavy atom. The van der Waals surface area contributed by atoms with Gasteiger partial charge in [0.2, 0.25) is 16.6 Å². The van der Waals surface area contributed by atoms with E-state index in [1.165, 1.54) is 12.1 Å². The van der Waals surface area contributed by atoms with E-state index in [4.69, 9.17) is 9.47 Å². The monoisotopic (exact) mass is 631 g/mol. The van der Waals surface area contributed by atoms with Crippen molar-refractivity contribution < 1.29 is 44.6 Å². The van der Waals surface area contributed by atoms with E-state index >= 15 is 0 Å². The zero-order valence-corrected chi connectivity index (χ0v) is 24.9. The summed E-state index contributed by atoms with van der Waals surface area (Å²) in [6.45, 7) is 7.72. The van der Waals surface area contributed by atoms with Crippen LogP contribution < -0.4 is 9.47 Å². The zero-order chi connectivity index (χ0) is 31.4. The minimum atomic E-state index is -5.92. The van der Waals surface area contributed by atoms with E-state index in [0.29, 0.717) is 36.0 Å². The second-order valence-electron chi connectivity index (χ2n) is 11.7. The van der Waals surface area contributed by atoms with Crippen LogP contribution in [0.25, 0.3) is 0 Å². The third-order valence-corrected chi connectivity index (χ3v) is 10.8. The van der Waals surface area contributed by atoms with Crippen LogP contribution in [0.1, 0.15) is 45.2 Å². The van der Waals surface area contributed by atoms with Crippen molar-refractivity contribution >= 4 is 15.7 Å². The van der Waals surface area contributed by atoms with E-state index in [2.05, 4.69) is 16.7 Å². The lowest BCUT2D eigenvalue weighted by Gasteiger charge is -2.52. The van der Waals surface area contributed by atoms with Gasteiger partial charge in [-0.1, -0.05) is 12.1 Å². The Balaban J connectivity index is 1.20. The van der Waals surface area contributed by atoms with Gasteiger partial charge in [-0.05, 0) is 63.4 Å². The Bertz CT molecular complexity index is 1460. The Labute approximate surface area is 247 Å². The fourth-order valence-electron chi connectivity index (χ4n) is 6.16. The maximum atomic E-state index is 13.6. The number of carbonyl (C=O) groups is 1. The summed E-state index contributed by atoms with van der Waals surface area (Å²) in [6.07, 6.45) is -5.35. The summed E-state index contributed by atoms with van der Waals surface area (Å²) < 4.78 is 102. The molecule has 0 bridgehead atoms. The first-order valence-electron chi connectivity index (χ1n) is 14.0. The van der Waals surface area contributed by atoms with E-state index in [1.807, 2.05) is 13.8 Å². The number of amides is 1. The van der Waals surface area contributed by atoms with Crippen molar-refractivity contribution in [3.8, 4) is 11.5 Å². The van der Waals surface area contributed by atoms with E-state index in [-0.39, 0.29) is 54.6 Å². The van der Waals surface area contributed by atoms with Crippen molar-refractivity contribution in [2.75, 3.05) is 39.5 Å². The minimum Gasteiger partial charge on any atom is -0.454 e. The van der Waals surface area contributed by atoms with Gasteiger partial charge < -0.3 is 14.4 Å². The number of nitrogens with zero attached hydrogens (tertiary/aromatic N) is 3. The zero-order valence-electron chi connectivity index (χ0n) is 24.0. The molecule has 8 nitrogen and oxygen atoms in total. The van der Waals surface area contributed by atoms with Crippen LogP contribution >= 0.6 is 0 Å². The van der Waals surface area contributed by atoms with Gasteiger partial charge >= 0.3 is 18.0 Å². The summed E-state index contributed by atoms with van der Waals surface area (Å²) in [5.74, 6) is -6.71. The number of hydrogen-bond acceptors (Lipinski definition) is 7. The quantitative estimate of drug-likeness (QED) is 0.420. The van der Waals surface area contributed by atoms with Gasteiger partial charge in [-0.25, -0.2) is 8.42 Å². The van der Waals surface area contributed by atoms with Gasteiger partial charge in [0.15, 0.2) is 11.5 Å². The van der Waals surface area contributed by atoms with E-state index < -0.39 is 33.4 Å². The largest absolute Gasteiger partial charge is 0.463 e. The Hall–Kier alpha value is -2.97. The normalized spacial score (nSPS) is 22.4. The van der Waals surface area contributed by atoms with Crippen LogP contribution in [0.5, 0.6) is 11.5 Å². The first-order chi connectivity index (χ1) is 20.0. The standard InChI is InChI=1S/C29H34F5N3O5S/c1-19-17-36(27(3)10-12-35(13-11-27)26(38)28(30,31)29(32,33)34)14-15-37(19)20(2)21-4-6-22(7-5-21)43(39,40)23-8-9-24-25(16-23)42-18-41-24/h4-9,16,19-20H,10-15,17-18H2,1-3H3/t19-,20+/m1/s1. The molecule has 0 aliphatic carbocycles. The predicted octanol–water partition coefficient (Wildman–Crippen LogP) is 4.89. The summed E-state index contributed by atoms with van der Waals surface area (Å²) >= 11 is 0.